The summed E-state index contributed by atoms with van der Waals surface area (Å²) in [5.41, 5.74) is 1.79. The number of hydrogen-bond acceptors (Lipinski definition) is 6. The van der Waals surface area contributed by atoms with Crippen LogP contribution in [0.15, 0.2) is 48.5 Å². The summed E-state index contributed by atoms with van der Waals surface area (Å²) in [5.74, 6) is -0.310. The Morgan fingerprint density at radius 2 is 1.84 bits per heavy atom. The predicted molar refractivity (Wildman–Crippen MR) is 116 cm³/mol. The van der Waals surface area contributed by atoms with Gasteiger partial charge in [-0.1, -0.05) is 18.2 Å². The molecule has 0 radical (unpaired) electrons. The van der Waals surface area contributed by atoms with Crippen LogP contribution in [0, 0.1) is 0 Å². The van der Waals surface area contributed by atoms with Crippen LogP contribution in [0.25, 0.3) is 0 Å². The van der Waals surface area contributed by atoms with Crippen LogP contribution in [-0.4, -0.2) is 68.0 Å². The molecule has 9 heteroatoms. The molecule has 1 fully saturated rings. The first-order chi connectivity index (χ1) is 14.6. The number of anilines is 2. The Labute approximate surface area is 205 Å². The van der Waals surface area contributed by atoms with Crippen LogP contribution in [0.3, 0.4) is 0 Å². The van der Waals surface area contributed by atoms with Crippen LogP contribution >= 0.6 is 0 Å². The Morgan fingerprint density at radius 3 is 2.55 bits per heavy atom. The predicted octanol–water partition coefficient (Wildman–Crippen LogP) is 0.271. The van der Waals surface area contributed by atoms with Crippen LogP contribution in [-0.2, 0) is 4.74 Å². The van der Waals surface area contributed by atoms with Gasteiger partial charge in [0.1, 0.15) is 12.4 Å². The molecule has 1 aliphatic rings. The second kappa shape index (κ2) is 12.6. The van der Waals surface area contributed by atoms with E-state index >= 15 is 0 Å². The van der Waals surface area contributed by atoms with E-state index in [2.05, 4.69) is 15.1 Å². The molecule has 31 heavy (non-hydrogen) atoms. The molecule has 3 rings (SSSR count). The van der Waals surface area contributed by atoms with Crippen LogP contribution in [0.2, 0.25) is 0 Å². The first-order valence-electron chi connectivity index (χ1n) is 10.0. The maximum atomic E-state index is 12.1. The van der Waals surface area contributed by atoms with Gasteiger partial charge in [-0.2, -0.15) is 0 Å². The summed E-state index contributed by atoms with van der Waals surface area (Å²) >= 11 is 0. The maximum absolute atomic E-state index is 12.1. The molecule has 2 aromatic carbocycles. The zero-order valence-electron chi connectivity index (χ0n) is 19.0. The van der Waals surface area contributed by atoms with Crippen molar-refractivity contribution in [3.8, 4) is 5.75 Å². The monoisotopic (exact) mass is 437 g/mol. The zero-order chi connectivity index (χ0) is 21.3. The van der Waals surface area contributed by atoms with E-state index in [-0.39, 0.29) is 37.6 Å². The number of nitrogens with one attached hydrogen (secondary N) is 1. The molecule has 0 unspecified atom stereocenters. The number of para-hydroxylation sites is 2. The number of rotatable bonds is 8. The third-order valence-corrected chi connectivity index (χ3v) is 4.89. The summed E-state index contributed by atoms with van der Waals surface area (Å²) in [6.07, 6.45) is -0.508. The van der Waals surface area contributed by atoms with Gasteiger partial charge in [0.05, 0.1) is 17.9 Å². The Balaban J connectivity index is 0.00000256. The minimum absolute atomic E-state index is 0. The molecule has 8 nitrogen and oxygen atoms in total. The number of nitrogens with zero attached hydrogens (tertiary/aromatic N) is 2. The zero-order valence-corrected chi connectivity index (χ0v) is 20.0. The number of carboxylic acid groups (broad SMARTS) is 1. The van der Waals surface area contributed by atoms with Gasteiger partial charge < -0.3 is 20.9 Å². The summed E-state index contributed by atoms with van der Waals surface area (Å²) in [7, 11) is 0. The third kappa shape index (κ3) is 7.43. The van der Waals surface area contributed by atoms with Crippen molar-refractivity contribution in [2.45, 2.75) is 6.92 Å². The van der Waals surface area contributed by atoms with Gasteiger partial charge in [-0.25, -0.2) is 9.59 Å². The number of hydrogen-bond donors (Lipinski definition) is 2. The number of ether oxygens (including phenoxy) is 2. The number of carbonyl (C=O) groups is 2. The van der Waals surface area contributed by atoms with E-state index in [0.29, 0.717) is 30.2 Å². The van der Waals surface area contributed by atoms with Crippen LogP contribution < -0.4 is 44.5 Å². The van der Waals surface area contributed by atoms with Gasteiger partial charge in [0.25, 0.3) is 0 Å². The van der Waals surface area contributed by atoms with E-state index in [1.165, 1.54) is 0 Å². The molecule has 2 N–H and O–H groups in total. The molecule has 0 aliphatic carbocycles. The van der Waals surface area contributed by atoms with E-state index in [1.807, 2.05) is 25.1 Å². The number of aromatic carboxylic acids is 1. The number of piperazine rings is 1. The van der Waals surface area contributed by atoms with E-state index in [4.69, 9.17) is 14.6 Å². The third-order valence-electron chi connectivity index (χ3n) is 4.89. The van der Waals surface area contributed by atoms with E-state index in [0.717, 1.165) is 31.9 Å². The van der Waals surface area contributed by atoms with Gasteiger partial charge in [0.2, 0.25) is 0 Å². The average Bonchev–Trinajstić information content (AvgIpc) is 2.76. The number of carbonyl (C=O) groups excluding carboxylic acids is 1. The fourth-order valence-electron chi connectivity index (χ4n) is 3.33. The standard InChI is InChI=1S/C22H27N3O5.Na.H/c1-2-29-20-9-4-3-8-19(20)23-22(28)30-15-14-24-10-12-25(13-11-24)18-7-5-6-17(16-18)21(26)27;;/h3-9,16H,2,10-15H2,1H3,(H,23,28)(H,26,27);;/q;+1;-1. The normalized spacial score (nSPS) is 13.8. The number of benzene rings is 2. The second-order valence-electron chi connectivity index (χ2n) is 6.87. The summed E-state index contributed by atoms with van der Waals surface area (Å²) in [6.45, 7) is 6.54. The molecule has 1 aliphatic heterocycles. The van der Waals surface area contributed by atoms with Crippen molar-refractivity contribution in [3.63, 3.8) is 0 Å². The minimum Gasteiger partial charge on any atom is -1.00 e. The largest absolute Gasteiger partial charge is 1.00 e. The molecule has 0 atom stereocenters. The van der Waals surface area contributed by atoms with Crippen molar-refractivity contribution in [1.29, 1.82) is 0 Å². The van der Waals surface area contributed by atoms with Gasteiger partial charge in [-0.05, 0) is 37.3 Å². The summed E-state index contributed by atoms with van der Waals surface area (Å²) in [4.78, 5) is 27.6. The van der Waals surface area contributed by atoms with Gasteiger partial charge in [0.15, 0.2) is 0 Å². The summed E-state index contributed by atoms with van der Waals surface area (Å²) in [5, 5.41) is 11.9. The van der Waals surface area contributed by atoms with Crippen molar-refractivity contribution in [1.82, 2.24) is 4.90 Å². The first kappa shape index (κ1) is 25.0. The Bertz CT molecular complexity index is 878. The van der Waals surface area contributed by atoms with E-state index in [9.17, 15) is 9.59 Å². The first-order valence-corrected chi connectivity index (χ1v) is 10.0. The van der Waals surface area contributed by atoms with Crippen LogP contribution in [0.1, 0.15) is 18.7 Å². The van der Waals surface area contributed by atoms with Crippen molar-refractivity contribution >= 4 is 23.4 Å². The van der Waals surface area contributed by atoms with Gasteiger partial charge in [-0.3, -0.25) is 10.2 Å². The Hall–Kier alpha value is -2.26. The van der Waals surface area contributed by atoms with Gasteiger partial charge in [-0.15, -0.1) is 0 Å². The Morgan fingerprint density at radius 1 is 1.10 bits per heavy atom. The molecular formula is C22H28N3NaO5. The van der Waals surface area contributed by atoms with E-state index < -0.39 is 12.1 Å². The molecule has 0 spiro atoms. The second-order valence-corrected chi connectivity index (χ2v) is 6.87. The van der Waals surface area contributed by atoms with E-state index in [1.54, 1.807) is 30.3 Å². The SMILES string of the molecule is CCOc1ccccc1NC(=O)OCCN1CCN(c2cccc(C(=O)O)c2)CC1.[H-].[Na+]. The molecular weight excluding hydrogens is 409 g/mol. The van der Waals surface area contributed by atoms with Crippen molar-refractivity contribution in [2.75, 3.05) is 56.2 Å². The molecule has 1 amide bonds. The molecule has 162 valence electrons. The Kier molecular flexibility index (Phi) is 10.1. The average molecular weight is 437 g/mol. The van der Waals surface area contributed by atoms with Gasteiger partial charge >= 0.3 is 41.6 Å². The maximum Gasteiger partial charge on any atom is 1.00 e. The fraction of sp³-hybridized carbons (Fsp3) is 0.364. The van der Waals surface area contributed by atoms with Gasteiger partial charge in [0, 0.05) is 38.4 Å². The molecule has 1 heterocycles. The summed E-state index contributed by atoms with van der Waals surface area (Å²) in [6, 6.07) is 14.2. The molecule has 0 bridgehead atoms. The van der Waals surface area contributed by atoms with Crippen molar-refractivity contribution in [2.24, 2.45) is 0 Å². The number of amides is 1. The minimum atomic E-state index is -0.921. The van der Waals surface area contributed by atoms with Crippen molar-refractivity contribution < 1.29 is 55.2 Å². The van der Waals surface area contributed by atoms with Crippen LogP contribution in [0.4, 0.5) is 16.2 Å². The van der Waals surface area contributed by atoms with Crippen molar-refractivity contribution in [3.05, 3.63) is 54.1 Å². The topological polar surface area (TPSA) is 91.3 Å². The molecule has 1 saturated heterocycles. The smallest absolute Gasteiger partial charge is 1.00 e. The molecule has 0 saturated carbocycles. The molecule has 0 aromatic heterocycles. The quantitative estimate of drug-likeness (QED) is 0.573. The fourth-order valence-corrected chi connectivity index (χ4v) is 3.33. The molecule has 2 aromatic rings. The summed E-state index contributed by atoms with van der Waals surface area (Å²) < 4.78 is 10.8. The number of carboxylic acids is 1. The van der Waals surface area contributed by atoms with Crippen LogP contribution in [0.5, 0.6) is 5.75 Å².